The molecule has 2 aliphatic carbocycles. The van der Waals surface area contributed by atoms with Crippen molar-refractivity contribution in [2.75, 3.05) is 9.80 Å². The number of benzene rings is 7. The van der Waals surface area contributed by atoms with Gasteiger partial charge in [0.2, 0.25) is 0 Å². The van der Waals surface area contributed by atoms with Gasteiger partial charge < -0.3 is 14.2 Å². The Bertz CT molecular complexity index is 3670. The molecule has 4 aliphatic rings. The predicted octanol–water partition coefficient (Wildman–Crippen LogP) is 15.8. The Morgan fingerprint density at radius 3 is 1.91 bits per heavy atom. The molecular formula is C63H61BN2OS. The van der Waals surface area contributed by atoms with Crippen molar-refractivity contribution in [1.82, 2.24) is 0 Å². The Morgan fingerprint density at radius 2 is 1.19 bits per heavy atom. The minimum absolute atomic E-state index is 0.00199. The van der Waals surface area contributed by atoms with Gasteiger partial charge in [0.05, 0.1) is 11.4 Å². The topological polar surface area (TPSA) is 19.6 Å². The Balaban J connectivity index is 1.18. The molecule has 0 amide bonds. The molecule has 2 aromatic heterocycles. The van der Waals surface area contributed by atoms with Gasteiger partial charge in [-0.15, -0.1) is 11.3 Å². The average Bonchev–Trinajstić information content (AvgIpc) is 3.88. The Kier molecular flexibility index (Phi) is 8.42. The minimum Gasteiger partial charge on any atom is -0.454 e. The van der Waals surface area contributed by atoms with E-state index in [0.29, 0.717) is 0 Å². The highest BCUT2D eigenvalue weighted by Crippen LogP contribution is 2.55. The normalized spacial score (nSPS) is 18.0. The van der Waals surface area contributed by atoms with E-state index >= 15 is 0 Å². The molecule has 0 bridgehead atoms. The van der Waals surface area contributed by atoms with Crippen LogP contribution >= 0.6 is 11.3 Å². The predicted molar refractivity (Wildman–Crippen MR) is 293 cm³/mol. The third-order valence-corrected chi connectivity index (χ3v) is 18.4. The molecule has 3 nitrogen and oxygen atoms in total. The first-order valence-corrected chi connectivity index (χ1v) is 25.7. The fraction of sp³-hybridized carbons (Fsp3) is 0.302. The van der Waals surface area contributed by atoms with Crippen molar-refractivity contribution < 1.29 is 4.42 Å². The maximum absolute atomic E-state index is 6.99. The maximum atomic E-state index is 6.99. The molecule has 0 saturated heterocycles. The number of aryl methyl sites for hydroxylation is 1. The lowest BCUT2D eigenvalue weighted by Gasteiger charge is -2.48. The van der Waals surface area contributed by atoms with Crippen LogP contribution in [0.2, 0.25) is 0 Å². The fourth-order valence-electron chi connectivity index (χ4n) is 13.2. The van der Waals surface area contributed by atoms with Gasteiger partial charge in [-0.25, -0.2) is 0 Å². The molecule has 0 unspecified atom stereocenters. The third kappa shape index (κ3) is 5.60. The van der Waals surface area contributed by atoms with Gasteiger partial charge in [0.15, 0.2) is 5.58 Å². The highest BCUT2D eigenvalue weighted by Gasteiger charge is 2.50. The number of hydrogen-bond donors (Lipinski definition) is 0. The van der Waals surface area contributed by atoms with Crippen molar-refractivity contribution in [3.05, 3.63) is 172 Å². The van der Waals surface area contributed by atoms with Crippen molar-refractivity contribution in [1.29, 1.82) is 0 Å². The SMILES string of the molecule is Cc1cc2c3c(c1)N(c1cccc4c1oc1ccccc14)c1cc4c(cc1B3c1sc3ccc(C(C)(C)C)cc3c1N2c1ccc2c(c1)C(C)(C)CCC2(C)C)C(C)(C)c1ccccc1C4(C)C. The smallest absolute Gasteiger partial charge is 0.264 e. The lowest BCUT2D eigenvalue weighted by molar-refractivity contribution is 0.332. The fourth-order valence-corrected chi connectivity index (χ4v) is 14.5. The summed E-state index contributed by atoms with van der Waals surface area (Å²) in [6, 6.07) is 49.5. The van der Waals surface area contributed by atoms with Crippen molar-refractivity contribution in [2.24, 2.45) is 0 Å². The standard InChI is InChI=1S/C63H61BN2OS/c1-36-30-51-55-52(31-36)66(49-22-17-19-40-39-18-13-16-23-53(39)67-57(40)49)50-35-47-46(62(9,10)43-20-14-15-21-44(43)63(47,11)12)34-48(50)64(55)58-56(41-32-37(59(2,3)4)24-27-54(41)68-58)65(51)38-25-26-42-45(33-38)61(7,8)29-28-60(42,5)6/h13-27,30-35H,28-29H2,1-12H3. The van der Waals surface area contributed by atoms with E-state index in [1.807, 2.05) is 11.3 Å². The molecule has 0 radical (unpaired) electrons. The zero-order chi connectivity index (χ0) is 47.2. The van der Waals surface area contributed by atoms with Crippen molar-refractivity contribution >= 4 is 99.9 Å². The molecular weight excluding hydrogens is 844 g/mol. The van der Waals surface area contributed by atoms with E-state index in [-0.39, 0.29) is 33.8 Å². The van der Waals surface area contributed by atoms with E-state index in [1.165, 1.54) is 112 Å². The van der Waals surface area contributed by atoms with Crippen LogP contribution in [0.1, 0.15) is 134 Å². The molecule has 68 heavy (non-hydrogen) atoms. The van der Waals surface area contributed by atoms with Gasteiger partial charge in [0, 0.05) is 59.2 Å². The molecule has 0 N–H and O–H groups in total. The highest BCUT2D eigenvalue weighted by atomic mass is 32.1. The molecule has 7 aromatic carbocycles. The second-order valence-corrected chi connectivity index (χ2v) is 25.2. The van der Waals surface area contributed by atoms with Crippen LogP contribution in [0.15, 0.2) is 132 Å². The van der Waals surface area contributed by atoms with Crippen LogP contribution in [0.5, 0.6) is 0 Å². The number of fused-ring (bicyclic) bond motifs is 12. The van der Waals surface area contributed by atoms with E-state index < -0.39 is 0 Å². The van der Waals surface area contributed by atoms with Crippen molar-refractivity contribution in [3.63, 3.8) is 0 Å². The summed E-state index contributed by atoms with van der Waals surface area (Å²) in [7, 11) is 0. The van der Waals surface area contributed by atoms with Gasteiger partial charge in [0.25, 0.3) is 6.71 Å². The second-order valence-electron chi connectivity index (χ2n) is 24.1. The van der Waals surface area contributed by atoms with E-state index in [1.54, 1.807) is 0 Å². The van der Waals surface area contributed by atoms with E-state index in [9.17, 15) is 0 Å². The summed E-state index contributed by atoms with van der Waals surface area (Å²) < 4.78 is 9.74. The molecule has 0 fully saturated rings. The van der Waals surface area contributed by atoms with E-state index in [2.05, 4.69) is 220 Å². The molecule has 0 saturated carbocycles. The number of nitrogens with zero attached hydrogens (tertiary/aromatic N) is 2. The van der Waals surface area contributed by atoms with Gasteiger partial charge >= 0.3 is 0 Å². The minimum atomic E-state index is -0.226. The maximum Gasteiger partial charge on any atom is 0.264 e. The molecule has 0 atom stereocenters. The molecule has 13 rings (SSSR count). The lowest BCUT2D eigenvalue weighted by Crippen LogP contribution is -2.61. The van der Waals surface area contributed by atoms with Gasteiger partial charge in [-0.05, 0) is 146 Å². The zero-order valence-electron chi connectivity index (χ0n) is 41.8. The summed E-state index contributed by atoms with van der Waals surface area (Å²) in [4.78, 5) is 5.28. The number of rotatable bonds is 2. The molecule has 5 heteroatoms. The van der Waals surface area contributed by atoms with Gasteiger partial charge in [-0.2, -0.15) is 0 Å². The number of para-hydroxylation sites is 2. The van der Waals surface area contributed by atoms with Crippen LogP contribution in [-0.2, 0) is 27.1 Å². The Morgan fingerprint density at radius 1 is 0.544 bits per heavy atom. The molecule has 0 spiro atoms. The summed E-state index contributed by atoms with van der Waals surface area (Å²) in [6.45, 7) is 28.9. The summed E-state index contributed by atoms with van der Waals surface area (Å²) in [5.74, 6) is 0. The highest BCUT2D eigenvalue weighted by molar-refractivity contribution is 7.33. The van der Waals surface area contributed by atoms with Crippen molar-refractivity contribution in [2.45, 2.75) is 123 Å². The monoisotopic (exact) mass is 904 g/mol. The molecule has 338 valence electrons. The lowest BCUT2D eigenvalue weighted by atomic mass is 9.35. The summed E-state index contributed by atoms with van der Waals surface area (Å²) in [6.07, 6.45) is 2.36. The molecule has 2 aliphatic heterocycles. The third-order valence-electron chi connectivity index (χ3n) is 17.1. The quantitative estimate of drug-likeness (QED) is 0.161. The zero-order valence-corrected chi connectivity index (χ0v) is 42.6. The largest absolute Gasteiger partial charge is 0.454 e. The molecule has 9 aromatic rings. The Hall–Kier alpha value is -6.04. The van der Waals surface area contributed by atoms with Crippen LogP contribution in [0.3, 0.4) is 0 Å². The summed E-state index contributed by atoms with van der Waals surface area (Å²) in [5, 5.41) is 3.62. The first-order chi connectivity index (χ1) is 32.3. The second kappa shape index (κ2) is 13.6. The van der Waals surface area contributed by atoms with Crippen LogP contribution in [-0.4, -0.2) is 6.71 Å². The number of hydrogen-bond acceptors (Lipinski definition) is 4. The van der Waals surface area contributed by atoms with Crippen LogP contribution < -0.4 is 25.5 Å². The van der Waals surface area contributed by atoms with Crippen LogP contribution in [0.4, 0.5) is 34.1 Å². The van der Waals surface area contributed by atoms with E-state index in [4.69, 9.17) is 4.42 Å². The summed E-state index contributed by atoms with van der Waals surface area (Å²) in [5.41, 5.74) is 22.8. The Labute approximate surface area is 406 Å². The number of anilines is 6. The van der Waals surface area contributed by atoms with Crippen LogP contribution in [0.25, 0.3) is 32.0 Å². The van der Waals surface area contributed by atoms with Gasteiger partial charge in [0.1, 0.15) is 5.58 Å². The van der Waals surface area contributed by atoms with Crippen LogP contribution in [0, 0.1) is 6.92 Å². The first kappa shape index (κ1) is 42.1. The number of furan rings is 1. The summed E-state index contributed by atoms with van der Waals surface area (Å²) >= 11 is 2.00. The molecule has 4 heterocycles. The van der Waals surface area contributed by atoms with Crippen molar-refractivity contribution in [3.8, 4) is 0 Å². The average molecular weight is 905 g/mol. The van der Waals surface area contributed by atoms with Gasteiger partial charge in [-0.3, -0.25) is 0 Å². The van der Waals surface area contributed by atoms with E-state index in [0.717, 1.165) is 27.6 Å². The van der Waals surface area contributed by atoms with Gasteiger partial charge in [-0.1, -0.05) is 149 Å². The first-order valence-electron chi connectivity index (χ1n) is 24.9. The number of thiophene rings is 1.